The fraction of sp³-hybridized carbons (Fsp3) is 1.00. The Labute approximate surface area is 107 Å². The van der Waals surface area contributed by atoms with Gasteiger partial charge in [0.2, 0.25) is 0 Å². The third kappa shape index (κ3) is 5.30. The van der Waals surface area contributed by atoms with E-state index in [-0.39, 0.29) is 0 Å². The highest BCUT2D eigenvalue weighted by atomic mass is 32.2. The molecule has 2 nitrogen and oxygen atoms in total. The van der Waals surface area contributed by atoms with Crippen molar-refractivity contribution >= 4 is 23.5 Å². The van der Waals surface area contributed by atoms with Crippen molar-refractivity contribution in [1.82, 2.24) is 0 Å². The van der Waals surface area contributed by atoms with E-state index >= 15 is 0 Å². The molecule has 0 aromatic carbocycles. The normalized spacial score (nSPS) is 33.8. The molecule has 94 valence electrons. The lowest BCUT2D eigenvalue weighted by molar-refractivity contribution is 0.0446. The van der Waals surface area contributed by atoms with Gasteiger partial charge in [0, 0.05) is 28.1 Å². The Hall–Kier alpha value is 0.620. The first kappa shape index (κ1) is 13.1. The van der Waals surface area contributed by atoms with Gasteiger partial charge in [0.1, 0.15) is 0 Å². The zero-order chi connectivity index (χ0) is 11.4. The second-order valence-electron chi connectivity index (χ2n) is 5.03. The third-order valence-electron chi connectivity index (χ3n) is 2.92. The Kier molecular flexibility index (Phi) is 4.89. The number of hydrogen-bond acceptors (Lipinski definition) is 4. The van der Waals surface area contributed by atoms with Crippen molar-refractivity contribution in [2.45, 2.75) is 42.8 Å². The average molecular weight is 262 g/mol. The first-order valence-corrected chi connectivity index (χ1v) is 8.16. The van der Waals surface area contributed by atoms with Crippen LogP contribution in [-0.4, -0.2) is 47.4 Å². The molecule has 0 N–H and O–H groups in total. The molecule has 2 rings (SSSR count). The lowest BCUT2D eigenvalue weighted by Gasteiger charge is -2.15. The first-order valence-electron chi connectivity index (χ1n) is 6.13. The molecule has 0 aliphatic carbocycles. The first-order chi connectivity index (χ1) is 7.68. The lowest BCUT2D eigenvalue weighted by atomic mass is 10.2. The van der Waals surface area contributed by atoms with E-state index in [1.165, 1.54) is 11.5 Å². The van der Waals surface area contributed by atoms with Gasteiger partial charge in [-0.15, -0.1) is 0 Å². The van der Waals surface area contributed by atoms with E-state index < -0.39 is 0 Å². The average Bonchev–Trinajstić information content (AvgIpc) is 3.14. The summed E-state index contributed by atoms with van der Waals surface area (Å²) in [5.41, 5.74) is 0. The predicted molar refractivity (Wildman–Crippen MR) is 72.6 cm³/mol. The van der Waals surface area contributed by atoms with Gasteiger partial charge in [-0.25, -0.2) is 0 Å². The zero-order valence-corrected chi connectivity index (χ0v) is 11.9. The Morgan fingerprint density at radius 2 is 2.25 bits per heavy atom. The molecular formula is C12H22O2S2. The van der Waals surface area contributed by atoms with Crippen LogP contribution < -0.4 is 0 Å². The number of hydrogen-bond donors (Lipinski definition) is 0. The fourth-order valence-corrected chi connectivity index (χ4v) is 2.37. The van der Waals surface area contributed by atoms with Gasteiger partial charge in [-0.1, -0.05) is 0 Å². The highest BCUT2D eigenvalue weighted by Gasteiger charge is 2.39. The standard InChI is InChI=1S/C12H22O2S2/c1-10(14-8-12(2)9-16-12)4-3-5-13-6-11-7-15-11/h10-11H,3-9H2,1-2H3. The van der Waals surface area contributed by atoms with E-state index in [2.05, 4.69) is 13.8 Å². The largest absolute Gasteiger partial charge is 0.380 e. The van der Waals surface area contributed by atoms with Gasteiger partial charge < -0.3 is 9.47 Å². The van der Waals surface area contributed by atoms with Crippen molar-refractivity contribution in [3.05, 3.63) is 0 Å². The molecule has 4 heteroatoms. The van der Waals surface area contributed by atoms with Crippen molar-refractivity contribution < 1.29 is 9.47 Å². The summed E-state index contributed by atoms with van der Waals surface area (Å²) >= 11 is 4.00. The summed E-state index contributed by atoms with van der Waals surface area (Å²) in [6.07, 6.45) is 2.64. The van der Waals surface area contributed by atoms with Crippen molar-refractivity contribution in [3.8, 4) is 0 Å². The van der Waals surface area contributed by atoms with Gasteiger partial charge in [0.05, 0.1) is 19.3 Å². The topological polar surface area (TPSA) is 18.5 Å². The van der Waals surface area contributed by atoms with Crippen molar-refractivity contribution in [1.29, 1.82) is 0 Å². The van der Waals surface area contributed by atoms with Crippen molar-refractivity contribution in [2.24, 2.45) is 0 Å². The van der Waals surface area contributed by atoms with Gasteiger partial charge in [-0.3, -0.25) is 0 Å². The molecule has 3 atom stereocenters. The summed E-state index contributed by atoms with van der Waals surface area (Å²) in [4.78, 5) is 0. The summed E-state index contributed by atoms with van der Waals surface area (Å²) < 4.78 is 11.9. The SMILES string of the molecule is CC(CCCOCC1CS1)OCC1(C)CS1. The van der Waals surface area contributed by atoms with Crippen LogP contribution in [-0.2, 0) is 9.47 Å². The van der Waals surface area contributed by atoms with Gasteiger partial charge in [0.25, 0.3) is 0 Å². The van der Waals surface area contributed by atoms with E-state index in [1.54, 1.807) is 0 Å². The predicted octanol–water partition coefficient (Wildman–Crippen LogP) is 2.81. The van der Waals surface area contributed by atoms with Crippen LogP contribution in [0.3, 0.4) is 0 Å². The summed E-state index contributed by atoms with van der Waals surface area (Å²) in [5, 5.41) is 0.806. The Balaban J connectivity index is 1.39. The highest BCUT2D eigenvalue weighted by Crippen LogP contribution is 2.44. The van der Waals surface area contributed by atoms with Crippen LogP contribution in [0.25, 0.3) is 0 Å². The Morgan fingerprint density at radius 1 is 1.50 bits per heavy atom. The minimum atomic E-state index is 0.386. The van der Waals surface area contributed by atoms with Gasteiger partial charge in [-0.2, -0.15) is 23.5 Å². The minimum absolute atomic E-state index is 0.386. The van der Waals surface area contributed by atoms with Crippen LogP contribution >= 0.6 is 23.5 Å². The highest BCUT2D eigenvalue weighted by molar-refractivity contribution is 8.07. The van der Waals surface area contributed by atoms with E-state index in [9.17, 15) is 0 Å². The van der Waals surface area contributed by atoms with Crippen molar-refractivity contribution in [3.63, 3.8) is 0 Å². The maximum atomic E-state index is 5.83. The molecule has 0 aromatic rings. The molecule has 16 heavy (non-hydrogen) atoms. The molecule has 0 spiro atoms. The molecule has 0 radical (unpaired) electrons. The summed E-state index contributed by atoms with van der Waals surface area (Å²) in [6.45, 7) is 7.22. The quantitative estimate of drug-likeness (QED) is 0.469. The molecule has 2 aliphatic rings. The minimum Gasteiger partial charge on any atom is -0.380 e. The molecule has 2 saturated heterocycles. The summed E-state index contributed by atoms with van der Waals surface area (Å²) in [5.74, 6) is 2.57. The maximum absolute atomic E-state index is 5.83. The fourth-order valence-electron chi connectivity index (χ4n) is 1.46. The smallest absolute Gasteiger partial charge is 0.0622 e. The number of rotatable bonds is 9. The Bertz CT molecular complexity index is 215. The van der Waals surface area contributed by atoms with Crippen LogP contribution in [0.5, 0.6) is 0 Å². The molecule has 0 aromatic heterocycles. The molecule has 3 unspecified atom stereocenters. The molecule has 2 aliphatic heterocycles. The van der Waals surface area contributed by atoms with E-state index in [4.69, 9.17) is 9.47 Å². The zero-order valence-electron chi connectivity index (χ0n) is 10.2. The molecule has 2 fully saturated rings. The van der Waals surface area contributed by atoms with Crippen LogP contribution in [0.15, 0.2) is 0 Å². The summed E-state index contributed by atoms with van der Waals surface area (Å²) in [6, 6.07) is 0. The van der Waals surface area contributed by atoms with Crippen molar-refractivity contribution in [2.75, 3.05) is 31.3 Å². The van der Waals surface area contributed by atoms with Crippen LogP contribution in [0.2, 0.25) is 0 Å². The van der Waals surface area contributed by atoms with Gasteiger partial charge >= 0.3 is 0 Å². The van der Waals surface area contributed by atoms with Crippen LogP contribution in [0.1, 0.15) is 26.7 Å². The third-order valence-corrected chi connectivity index (χ3v) is 5.25. The van der Waals surface area contributed by atoms with E-state index in [0.29, 0.717) is 10.9 Å². The van der Waals surface area contributed by atoms with E-state index in [0.717, 1.165) is 37.9 Å². The number of ether oxygens (including phenoxy) is 2. The van der Waals surface area contributed by atoms with Crippen LogP contribution in [0, 0.1) is 0 Å². The monoisotopic (exact) mass is 262 g/mol. The van der Waals surface area contributed by atoms with E-state index in [1.807, 2.05) is 23.5 Å². The molecular weight excluding hydrogens is 240 g/mol. The lowest BCUT2D eigenvalue weighted by Crippen LogP contribution is -2.19. The maximum Gasteiger partial charge on any atom is 0.0622 e. The Morgan fingerprint density at radius 3 is 2.88 bits per heavy atom. The van der Waals surface area contributed by atoms with Gasteiger partial charge in [0.15, 0.2) is 0 Å². The molecule has 0 amide bonds. The second kappa shape index (κ2) is 5.98. The molecule has 2 heterocycles. The second-order valence-corrected chi connectivity index (χ2v) is 7.93. The van der Waals surface area contributed by atoms with Gasteiger partial charge in [-0.05, 0) is 26.7 Å². The summed E-state index contributed by atoms with van der Waals surface area (Å²) in [7, 11) is 0. The number of thioether (sulfide) groups is 2. The molecule has 0 saturated carbocycles. The van der Waals surface area contributed by atoms with Crippen LogP contribution in [0.4, 0.5) is 0 Å². The molecule has 0 bridgehead atoms.